The van der Waals surface area contributed by atoms with Crippen molar-refractivity contribution in [3.05, 3.63) is 35.4 Å². The number of unbranched alkanes of at least 4 members (excludes halogenated alkanes) is 1. The van der Waals surface area contributed by atoms with E-state index in [0.717, 1.165) is 18.8 Å². The van der Waals surface area contributed by atoms with Crippen molar-refractivity contribution < 1.29 is 5.11 Å². The van der Waals surface area contributed by atoms with Crippen LogP contribution in [0.3, 0.4) is 0 Å². The molecule has 0 saturated heterocycles. The van der Waals surface area contributed by atoms with Crippen LogP contribution in [0.15, 0.2) is 24.3 Å². The molecule has 2 rings (SSSR count). The van der Waals surface area contributed by atoms with Gasteiger partial charge in [0.25, 0.3) is 0 Å². The third-order valence-electron chi connectivity index (χ3n) is 3.45. The van der Waals surface area contributed by atoms with Crippen LogP contribution in [0.25, 0.3) is 0 Å². The van der Waals surface area contributed by atoms with E-state index in [4.69, 9.17) is 5.11 Å². The molecule has 0 aliphatic heterocycles. The first-order valence-corrected chi connectivity index (χ1v) is 6.10. The van der Waals surface area contributed by atoms with Crippen molar-refractivity contribution in [1.29, 1.82) is 0 Å². The predicted octanol–water partition coefficient (Wildman–Crippen LogP) is 3.27. The second-order valence-electron chi connectivity index (χ2n) is 4.51. The molecule has 0 amide bonds. The van der Waals surface area contributed by atoms with Crippen LogP contribution in [0.1, 0.15) is 49.1 Å². The van der Waals surface area contributed by atoms with Gasteiger partial charge in [0.2, 0.25) is 0 Å². The Hall–Kier alpha value is -0.820. The van der Waals surface area contributed by atoms with Gasteiger partial charge in [-0.2, -0.15) is 0 Å². The summed E-state index contributed by atoms with van der Waals surface area (Å²) in [6, 6.07) is 8.86. The molecule has 0 saturated carbocycles. The molecule has 1 nitrogen and oxygen atoms in total. The van der Waals surface area contributed by atoms with E-state index in [2.05, 4.69) is 24.3 Å². The number of hydrogen-bond donors (Lipinski definition) is 1. The summed E-state index contributed by atoms with van der Waals surface area (Å²) < 4.78 is 0. The predicted molar refractivity (Wildman–Crippen MR) is 63.1 cm³/mol. The minimum Gasteiger partial charge on any atom is -0.396 e. The van der Waals surface area contributed by atoms with Gasteiger partial charge in [0.05, 0.1) is 0 Å². The Labute approximate surface area is 92.1 Å². The zero-order chi connectivity index (χ0) is 10.5. The quantitative estimate of drug-likeness (QED) is 0.746. The molecule has 1 aliphatic rings. The zero-order valence-corrected chi connectivity index (χ0v) is 9.28. The van der Waals surface area contributed by atoms with Gasteiger partial charge in [-0.3, -0.25) is 0 Å². The normalized spacial score (nSPS) is 19.9. The van der Waals surface area contributed by atoms with Crippen molar-refractivity contribution in [3.8, 4) is 0 Å². The second kappa shape index (κ2) is 5.32. The Balaban J connectivity index is 2.02. The fourth-order valence-electron chi connectivity index (χ4n) is 2.66. The molecule has 0 fully saturated rings. The molecule has 1 aromatic carbocycles. The molecular weight excluding hydrogens is 184 g/mol. The highest BCUT2D eigenvalue weighted by molar-refractivity contribution is 5.32. The molecule has 0 spiro atoms. The molecular formula is C14H20O. The smallest absolute Gasteiger partial charge is 0.0431 e. The summed E-state index contributed by atoms with van der Waals surface area (Å²) in [5, 5.41) is 8.79. The van der Waals surface area contributed by atoms with Gasteiger partial charge in [-0.1, -0.05) is 30.7 Å². The number of hydrogen-bond acceptors (Lipinski definition) is 1. The van der Waals surface area contributed by atoms with Gasteiger partial charge in [-0.25, -0.2) is 0 Å². The minimum absolute atomic E-state index is 0.342. The standard InChI is InChI=1S/C14H20O/c15-11-4-3-7-13-9-5-8-12-6-1-2-10-14(12)13/h1-2,6,10,13,15H,3-5,7-9,11H2/t13-/m1/s1. The number of benzene rings is 1. The Morgan fingerprint density at radius 1 is 1.20 bits per heavy atom. The Bertz CT molecular complexity index is 306. The van der Waals surface area contributed by atoms with Crippen molar-refractivity contribution in [2.24, 2.45) is 0 Å². The summed E-state index contributed by atoms with van der Waals surface area (Å²) in [6.07, 6.45) is 7.29. The topological polar surface area (TPSA) is 20.2 Å². The molecule has 0 radical (unpaired) electrons. The van der Waals surface area contributed by atoms with Crippen LogP contribution in [-0.4, -0.2) is 11.7 Å². The number of fused-ring (bicyclic) bond motifs is 1. The molecule has 82 valence electrons. The van der Waals surface area contributed by atoms with Crippen molar-refractivity contribution in [1.82, 2.24) is 0 Å². The first-order valence-electron chi connectivity index (χ1n) is 6.10. The zero-order valence-electron chi connectivity index (χ0n) is 9.28. The maximum atomic E-state index is 8.79. The monoisotopic (exact) mass is 204 g/mol. The molecule has 0 heterocycles. The first-order chi connectivity index (χ1) is 7.42. The van der Waals surface area contributed by atoms with Gasteiger partial charge in [-0.15, -0.1) is 0 Å². The van der Waals surface area contributed by atoms with Gasteiger partial charge in [0.1, 0.15) is 0 Å². The average molecular weight is 204 g/mol. The van der Waals surface area contributed by atoms with Gasteiger partial charge in [0, 0.05) is 6.61 Å². The number of aryl methyl sites for hydroxylation is 1. The van der Waals surface area contributed by atoms with E-state index < -0.39 is 0 Å². The van der Waals surface area contributed by atoms with Gasteiger partial charge >= 0.3 is 0 Å². The maximum absolute atomic E-state index is 8.79. The molecule has 1 heteroatoms. The average Bonchev–Trinajstić information content (AvgIpc) is 2.30. The number of aliphatic hydroxyl groups is 1. The van der Waals surface area contributed by atoms with Crippen LogP contribution in [0, 0.1) is 0 Å². The lowest BCUT2D eigenvalue weighted by Gasteiger charge is -2.25. The minimum atomic E-state index is 0.342. The molecule has 0 aromatic heterocycles. The SMILES string of the molecule is OCCCC[C@@H]1CCCc2ccccc21. The Kier molecular flexibility index (Phi) is 3.79. The summed E-state index contributed by atoms with van der Waals surface area (Å²) in [4.78, 5) is 0. The highest BCUT2D eigenvalue weighted by Crippen LogP contribution is 2.34. The second-order valence-corrected chi connectivity index (χ2v) is 4.51. The fraction of sp³-hybridized carbons (Fsp3) is 0.571. The number of rotatable bonds is 4. The van der Waals surface area contributed by atoms with Crippen molar-refractivity contribution in [2.45, 2.75) is 44.4 Å². The van der Waals surface area contributed by atoms with Gasteiger partial charge in [-0.05, 0) is 49.1 Å². The first kappa shape index (κ1) is 10.7. The largest absolute Gasteiger partial charge is 0.396 e. The van der Waals surface area contributed by atoms with Crippen LogP contribution in [0.2, 0.25) is 0 Å². The van der Waals surface area contributed by atoms with Gasteiger partial charge < -0.3 is 5.11 Å². The van der Waals surface area contributed by atoms with Crippen LogP contribution >= 0.6 is 0 Å². The van der Waals surface area contributed by atoms with E-state index in [-0.39, 0.29) is 0 Å². The third-order valence-corrected chi connectivity index (χ3v) is 3.45. The van der Waals surface area contributed by atoms with Gasteiger partial charge in [0.15, 0.2) is 0 Å². The van der Waals surface area contributed by atoms with Crippen molar-refractivity contribution >= 4 is 0 Å². The highest BCUT2D eigenvalue weighted by Gasteiger charge is 2.18. The fourth-order valence-corrected chi connectivity index (χ4v) is 2.66. The summed E-state index contributed by atoms with van der Waals surface area (Å²) >= 11 is 0. The van der Waals surface area contributed by atoms with Crippen LogP contribution in [-0.2, 0) is 6.42 Å². The van der Waals surface area contributed by atoms with Crippen molar-refractivity contribution in [3.63, 3.8) is 0 Å². The Morgan fingerprint density at radius 3 is 2.93 bits per heavy atom. The van der Waals surface area contributed by atoms with Crippen LogP contribution in [0.4, 0.5) is 0 Å². The lowest BCUT2D eigenvalue weighted by atomic mass is 9.80. The maximum Gasteiger partial charge on any atom is 0.0431 e. The molecule has 0 bridgehead atoms. The molecule has 1 atom stereocenters. The summed E-state index contributed by atoms with van der Waals surface area (Å²) in [6.45, 7) is 0.342. The molecule has 15 heavy (non-hydrogen) atoms. The molecule has 0 unspecified atom stereocenters. The molecule has 1 aliphatic carbocycles. The van der Waals surface area contributed by atoms with E-state index in [1.54, 1.807) is 11.1 Å². The van der Waals surface area contributed by atoms with E-state index in [9.17, 15) is 0 Å². The van der Waals surface area contributed by atoms with E-state index in [1.807, 2.05) is 0 Å². The van der Waals surface area contributed by atoms with E-state index in [0.29, 0.717) is 6.61 Å². The molecule has 1 aromatic rings. The summed E-state index contributed by atoms with van der Waals surface area (Å²) in [7, 11) is 0. The lowest BCUT2D eigenvalue weighted by Crippen LogP contribution is -2.09. The highest BCUT2D eigenvalue weighted by atomic mass is 16.2. The van der Waals surface area contributed by atoms with Crippen LogP contribution in [0.5, 0.6) is 0 Å². The third kappa shape index (κ3) is 2.60. The summed E-state index contributed by atoms with van der Waals surface area (Å²) in [5.41, 5.74) is 3.12. The lowest BCUT2D eigenvalue weighted by molar-refractivity contribution is 0.280. The summed E-state index contributed by atoms with van der Waals surface area (Å²) in [5.74, 6) is 0.751. The van der Waals surface area contributed by atoms with E-state index >= 15 is 0 Å². The van der Waals surface area contributed by atoms with Crippen molar-refractivity contribution in [2.75, 3.05) is 6.61 Å². The molecule has 1 N–H and O–H groups in total. The van der Waals surface area contributed by atoms with Crippen LogP contribution < -0.4 is 0 Å². The number of aliphatic hydroxyl groups excluding tert-OH is 1. The van der Waals surface area contributed by atoms with E-state index in [1.165, 1.54) is 25.7 Å². The Morgan fingerprint density at radius 2 is 2.07 bits per heavy atom.